The molecule has 1 saturated heterocycles. The number of hydrogen-bond acceptors (Lipinski definition) is 15. The molecule has 3 aromatic rings. The molecule has 1 aliphatic heterocycles. The first-order valence-corrected chi connectivity index (χ1v) is 26.5. The Balaban J connectivity index is 1.66. The molecule has 0 aliphatic carbocycles. The van der Waals surface area contributed by atoms with Crippen LogP contribution in [0.1, 0.15) is 76.8 Å². The topological polar surface area (TPSA) is 455 Å². The molecule has 0 spiro atoms. The monoisotopic (exact) mass is 1110 g/mol. The maximum atomic E-state index is 14.5. The lowest BCUT2D eigenvalue weighted by molar-refractivity contribution is -0.142. The molecule has 1 fully saturated rings. The molecule has 28 nitrogen and oxygen atoms in total. The van der Waals surface area contributed by atoms with E-state index in [9.17, 15) is 58.2 Å². The number of H-pyrrole nitrogens is 2. The molecule has 0 bridgehead atoms. The van der Waals surface area contributed by atoms with Crippen LogP contribution in [0.4, 0.5) is 0 Å². The van der Waals surface area contributed by atoms with Crippen molar-refractivity contribution in [2.45, 2.75) is 133 Å². The largest absolute Gasteiger partial charge is 0.481 e. The predicted molar refractivity (Wildman–Crippen MR) is 284 cm³/mol. The number of nitrogens with two attached hydrogens (primary N) is 3. The Kier molecular flexibility index (Phi) is 25.0. The molecule has 0 radical (unpaired) electrons. The van der Waals surface area contributed by atoms with Gasteiger partial charge in [0.05, 0.1) is 25.1 Å². The lowest BCUT2D eigenvalue weighted by Crippen LogP contribution is -2.62. The zero-order valence-corrected chi connectivity index (χ0v) is 44.6. The minimum atomic E-state index is -1.52. The second-order valence-electron chi connectivity index (χ2n) is 19.1. The fourth-order valence-electron chi connectivity index (χ4n) is 7.97. The number of aliphatic carboxylic acids is 2. The minimum absolute atomic E-state index is 0.0425. The number of aliphatic imine (C=N–C) groups is 1. The van der Waals surface area contributed by atoms with Crippen molar-refractivity contribution in [3.05, 3.63) is 72.3 Å². The van der Waals surface area contributed by atoms with E-state index in [-0.39, 0.29) is 62.5 Å². The number of guanidine groups is 1. The van der Waals surface area contributed by atoms with Gasteiger partial charge in [-0.2, -0.15) is 11.8 Å². The van der Waals surface area contributed by atoms with Crippen LogP contribution in [-0.2, 0) is 67.2 Å². The summed E-state index contributed by atoms with van der Waals surface area (Å²) in [4.78, 5) is 154. The van der Waals surface area contributed by atoms with Crippen molar-refractivity contribution in [2.75, 3.05) is 18.1 Å². The maximum absolute atomic E-state index is 14.5. The molecular weight excluding hydrogens is 1040 g/mol. The first kappa shape index (κ1) is 62.5. The highest BCUT2D eigenvalue weighted by molar-refractivity contribution is 7.99. The second kappa shape index (κ2) is 31.2. The van der Waals surface area contributed by atoms with E-state index >= 15 is 0 Å². The summed E-state index contributed by atoms with van der Waals surface area (Å²) in [6, 6.07) is -3.84. The van der Waals surface area contributed by atoms with Crippen molar-refractivity contribution in [3.63, 3.8) is 0 Å². The van der Waals surface area contributed by atoms with Crippen LogP contribution in [0.3, 0.4) is 0 Å². The van der Waals surface area contributed by atoms with Gasteiger partial charge in [0.25, 0.3) is 0 Å². The van der Waals surface area contributed by atoms with Gasteiger partial charge in [-0.05, 0) is 42.4 Å². The van der Waals surface area contributed by atoms with Gasteiger partial charge in [-0.3, -0.25) is 48.1 Å². The van der Waals surface area contributed by atoms with E-state index in [2.05, 4.69) is 67.5 Å². The molecule has 4 rings (SSSR count). The lowest BCUT2D eigenvalue weighted by atomic mass is 9.97. The number of nitrogens with zero attached hydrogens (tertiary/aromatic N) is 3. The van der Waals surface area contributed by atoms with Crippen LogP contribution in [0.2, 0.25) is 0 Å². The van der Waals surface area contributed by atoms with Gasteiger partial charge in [-0.15, -0.1) is 0 Å². The molecular formula is C49H72N16O12S. The number of imidazole rings is 2. The minimum Gasteiger partial charge on any atom is -0.481 e. The summed E-state index contributed by atoms with van der Waals surface area (Å²) in [5.41, 5.74) is 18.1. The number of carbonyl (C=O) groups excluding carboxylic acids is 8. The quantitative estimate of drug-likeness (QED) is 0.0214. The van der Waals surface area contributed by atoms with Crippen LogP contribution in [0.15, 0.2) is 60.4 Å². The average Bonchev–Trinajstić information content (AvgIpc) is 4.13. The molecule has 18 N–H and O–H groups in total. The van der Waals surface area contributed by atoms with Gasteiger partial charge in [0, 0.05) is 55.3 Å². The average molecular weight is 1110 g/mol. The standard InChI is InChI=1S/C49H72N16O12S/c1-5-26(4)39-47(75)61-34(17-28-20-53-23-56-28)44(72)59-32(41(69)60-33(16-27-10-7-6-8-11-27)43(71)62-35(48(76)77)18-29-21-54-24-57-29)13-15-78-22-36(45(73)65-39)63-46(74)38(25(2)3)64-42(70)31(12-9-14-55-49(51)52)58-40(68)30(50)19-37(66)67/h6-8,10-11,20-21,23-26,30-36,38-39H,5,9,12-19,22,50H2,1-4H3,(H,53,56)(H,54,57)(H,58,68)(H,59,72)(H,60,69)(H,61,75)(H,62,71)(H,63,74)(H,64,70)(H,65,73)(H,66,67)(H,76,77)(H4,51,52,55)/t26-,30-,31-,32-,33-,34-,35-,36-,38-,39-/m0/s1. The highest BCUT2D eigenvalue weighted by atomic mass is 32.2. The number of aromatic amines is 2. The fraction of sp³-hybridized carbons (Fsp3) is 0.531. The molecule has 78 heavy (non-hydrogen) atoms. The van der Waals surface area contributed by atoms with Gasteiger partial charge in [0.2, 0.25) is 47.3 Å². The fourth-order valence-corrected chi connectivity index (χ4v) is 9.01. The molecule has 1 aromatic carbocycles. The van der Waals surface area contributed by atoms with Crippen LogP contribution in [0.25, 0.3) is 0 Å². The summed E-state index contributed by atoms with van der Waals surface area (Å²) in [5.74, 6) is -10.9. The molecule has 0 unspecified atom stereocenters. The summed E-state index contributed by atoms with van der Waals surface area (Å²) < 4.78 is 0. The number of aromatic nitrogens is 4. The zero-order valence-electron chi connectivity index (χ0n) is 43.8. The highest BCUT2D eigenvalue weighted by Crippen LogP contribution is 2.16. The SMILES string of the molecule is CC[C@H](C)[C@@H]1NC(=O)[C@@H](NC(=O)[C@@H](NC(=O)[C@H](CCCN=C(N)N)NC(=O)[C@@H](N)CC(=O)O)C(C)C)CSCC[C@@H](C(=O)N[C@@H](Cc2ccccc2)C(=O)N[C@@H](Cc2cnc[nH]2)C(=O)O)NC(=O)[C@H](Cc2cnc[nH]2)NC1=O. The number of carboxylic acid groups (broad SMARTS) is 2. The molecule has 2 aromatic heterocycles. The van der Waals surface area contributed by atoms with Crippen molar-refractivity contribution in [2.24, 2.45) is 34.0 Å². The number of rotatable bonds is 26. The van der Waals surface area contributed by atoms with E-state index in [0.29, 0.717) is 23.4 Å². The van der Waals surface area contributed by atoms with Crippen LogP contribution in [-0.4, -0.2) is 168 Å². The predicted octanol–water partition coefficient (Wildman–Crippen LogP) is -3.18. The van der Waals surface area contributed by atoms with Crippen LogP contribution < -0.4 is 59.7 Å². The van der Waals surface area contributed by atoms with E-state index in [1.54, 1.807) is 58.0 Å². The van der Waals surface area contributed by atoms with Gasteiger partial charge < -0.3 is 79.9 Å². The number of hydrogen-bond donors (Lipinski definition) is 15. The first-order chi connectivity index (χ1) is 37.1. The van der Waals surface area contributed by atoms with Crippen molar-refractivity contribution < 1.29 is 58.2 Å². The third kappa shape index (κ3) is 20.5. The molecule has 1 aliphatic rings. The highest BCUT2D eigenvalue weighted by Gasteiger charge is 2.38. The number of benzene rings is 1. The number of thioether (sulfide) groups is 1. The Hall–Kier alpha value is -8.08. The summed E-state index contributed by atoms with van der Waals surface area (Å²) in [7, 11) is 0. The van der Waals surface area contributed by atoms with Crippen LogP contribution >= 0.6 is 11.8 Å². The maximum Gasteiger partial charge on any atom is 0.326 e. The molecule has 0 saturated carbocycles. The molecule has 3 heterocycles. The van der Waals surface area contributed by atoms with E-state index in [4.69, 9.17) is 17.2 Å². The van der Waals surface area contributed by atoms with E-state index in [0.717, 1.165) is 11.8 Å². The van der Waals surface area contributed by atoms with Crippen molar-refractivity contribution in [1.82, 2.24) is 62.5 Å². The Morgan fingerprint density at radius 1 is 0.782 bits per heavy atom. The summed E-state index contributed by atoms with van der Waals surface area (Å²) in [6.07, 6.45) is 4.75. The van der Waals surface area contributed by atoms with Gasteiger partial charge in [-0.25, -0.2) is 14.8 Å². The van der Waals surface area contributed by atoms with Gasteiger partial charge >= 0.3 is 11.9 Å². The summed E-state index contributed by atoms with van der Waals surface area (Å²) in [5, 5.41) is 40.4. The lowest BCUT2D eigenvalue weighted by Gasteiger charge is -2.31. The Morgan fingerprint density at radius 2 is 1.44 bits per heavy atom. The summed E-state index contributed by atoms with van der Waals surface area (Å²) in [6.45, 7) is 6.76. The smallest absolute Gasteiger partial charge is 0.326 e. The number of nitrogens with one attached hydrogen (secondary N) is 10. The molecule has 8 amide bonds. The zero-order chi connectivity index (χ0) is 57.5. The molecule has 426 valence electrons. The third-order valence-corrected chi connectivity index (χ3v) is 13.7. The molecule has 29 heteroatoms. The van der Waals surface area contributed by atoms with Crippen LogP contribution in [0.5, 0.6) is 0 Å². The number of amides is 8. The molecule has 10 atom stereocenters. The van der Waals surface area contributed by atoms with Gasteiger partial charge in [-0.1, -0.05) is 64.4 Å². The van der Waals surface area contributed by atoms with Crippen molar-refractivity contribution in [3.8, 4) is 0 Å². The Labute approximate surface area is 454 Å². The normalized spacial score (nSPS) is 19.5. The summed E-state index contributed by atoms with van der Waals surface area (Å²) >= 11 is 1.09. The third-order valence-electron chi connectivity index (χ3n) is 12.6. The number of carboxylic acids is 2. The van der Waals surface area contributed by atoms with Crippen molar-refractivity contribution in [1.29, 1.82) is 0 Å². The van der Waals surface area contributed by atoms with Gasteiger partial charge in [0.1, 0.15) is 48.3 Å². The van der Waals surface area contributed by atoms with E-state index < -0.39 is 132 Å². The van der Waals surface area contributed by atoms with E-state index in [1.807, 2.05) is 0 Å². The van der Waals surface area contributed by atoms with Gasteiger partial charge in [0.15, 0.2) is 5.96 Å². The Bertz CT molecular complexity index is 2530. The van der Waals surface area contributed by atoms with E-state index in [1.165, 1.54) is 25.0 Å². The van der Waals surface area contributed by atoms with Crippen molar-refractivity contribution >= 4 is 76.9 Å². The number of carbonyl (C=O) groups is 10. The second-order valence-corrected chi connectivity index (χ2v) is 20.2. The van der Waals surface area contributed by atoms with Crippen LogP contribution in [0, 0.1) is 11.8 Å². The first-order valence-electron chi connectivity index (χ1n) is 25.3. The Morgan fingerprint density at radius 3 is 2.04 bits per heavy atom.